The predicted molar refractivity (Wildman–Crippen MR) is 84.9 cm³/mol. The van der Waals surface area contributed by atoms with Gasteiger partial charge in [-0.25, -0.2) is 0 Å². The molecule has 0 aliphatic rings. The highest BCUT2D eigenvalue weighted by Crippen LogP contribution is 2.22. The third kappa shape index (κ3) is 3.91. The van der Waals surface area contributed by atoms with Crippen molar-refractivity contribution in [3.63, 3.8) is 0 Å². The molecule has 0 fully saturated rings. The van der Waals surface area contributed by atoms with E-state index in [4.69, 9.17) is 0 Å². The molecule has 1 aromatic carbocycles. The van der Waals surface area contributed by atoms with Crippen molar-refractivity contribution in [2.45, 2.75) is 39.7 Å². The first-order valence-corrected chi connectivity index (χ1v) is 7.40. The molecule has 2 aromatic rings. The van der Waals surface area contributed by atoms with Gasteiger partial charge in [-0.15, -0.1) is 0 Å². The Kier molecular flexibility index (Phi) is 5.31. The van der Waals surface area contributed by atoms with E-state index in [9.17, 15) is 0 Å². The molecule has 0 saturated carbocycles. The first-order valence-electron chi connectivity index (χ1n) is 7.40. The summed E-state index contributed by atoms with van der Waals surface area (Å²) >= 11 is 0. The van der Waals surface area contributed by atoms with Crippen LogP contribution in [0, 0.1) is 13.8 Å². The van der Waals surface area contributed by atoms with E-state index >= 15 is 0 Å². The summed E-state index contributed by atoms with van der Waals surface area (Å²) in [6.45, 7) is 7.59. The first kappa shape index (κ1) is 14.7. The zero-order valence-electron chi connectivity index (χ0n) is 12.7. The van der Waals surface area contributed by atoms with Crippen LogP contribution in [-0.4, -0.2) is 11.5 Å². The van der Waals surface area contributed by atoms with Crippen LogP contribution in [0.2, 0.25) is 0 Å². The Morgan fingerprint density at radius 1 is 1.20 bits per heavy atom. The van der Waals surface area contributed by atoms with Crippen molar-refractivity contribution in [1.82, 2.24) is 10.3 Å². The Hall–Kier alpha value is -1.67. The van der Waals surface area contributed by atoms with Crippen molar-refractivity contribution in [3.8, 4) is 0 Å². The molecule has 106 valence electrons. The molecule has 2 rings (SSSR count). The molecule has 0 radical (unpaired) electrons. The van der Waals surface area contributed by atoms with Gasteiger partial charge in [-0.1, -0.05) is 36.8 Å². The van der Waals surface area contributed by atoms with Gasteiger partial charge in [-0.2, -0.15) is 0 Å². The van der Waals surface area contributed by atoms with Gasteiger partial charge in [0, 0.05) is 18.4 Å². The number of nitrogens with zero attached hydrogens (tertiary/aromatic N) is 1. The summed E-state index contributed by atoms with van der Waals surface area (Å²) in [6, 6.07) is 11.2. The molecule has 0 aliphatic heterocycles. The standard InChI is InChI=1S/C18H24N2/c1-4-9-20-18(12-16-6-5-10-19-13-16)17-8-7-14(2)11-15(17)3/h5-8,10-11,13,18,20H,4,9,12H2,1-3H3. The van der Waals surface area contributed by atoms with E-state index in [2.05, 4.69) is 55.3 Å². The minimum absolute atomic E-state index is 0.361. The van der Waals surface area contributed by atoms with Gasteiger partial charge >= 0.3 is 0 Å². The second kappa shape index (κ2) is 7.20. The normalized spacial score (nSPS) is 12.3. The van der Waals surface area contributed by atoms with Gasteiger partial charge in [0.25, 0.3) is 0 Å². The molecule has 0 bridgehead atoms. The first-order chi connectivity index (χ1) is 9.70. The van der Waals surface area contributed by atoms with Gasteiger partial charge in [0.2, 0.25) is 0 Å². The van der Waals surface area contributed by atoms with Crippen LogP contribution in [-0.2, 0) is 6.42 Å². The van der Waals surface area contributed by atoms with E-state index < -0.39 is 0 Å². The number of hydrogen-bond acceptors (Lipinski definition) is 2. The van der Waals surface area contributed by atoms with Crippen molar-refractivity contribution in [1.29, 1.82) is 0 Å². The lowest BCUT2D eigenvalue weighted by Crippen LogP contribution is -2.25. The monoisotopic (exact) mass is 268 g/mol. The topological polar surface area (TPSA) is 24.9 Å². The van der Waals surface area contributed by atoms with E-state index in [0.717, 1.165) is 19.4 Å². The van der Waals surface area contributed by atoms with Gasteiger partial charge in [0.1, 0.15) is 0 Å². The number of aromatic nitrogens is 1. The molecule has 0 spiro atoms. The summed E-state index contributed by atoms with van der Waals surface area (Å²) in [6.07, 6.45) is 5.92. The van der Waals surface area contributed by atoms with Gasteiger partial charge in [0.15, 0.2) is 0 Å². The number of benzene rings is 1. The third-order valence-electron chi connectivity index (χ3n) is 3.60. The van der Waals surface area contributed by atoms with Crippen LogP contribution in [0.5, 0.6) is 0 Å². The van der Waals surface area contributed by atoms with E-state index in [1.54, 1.807) is 0 Å². The van der Waals surface area contributed by atoms with Crippen molar-refractivity contribution >= 4 is 0 Å². The quantitative estimate of drug-likeness (QED) is 0.857. The summed E-state index contributed by atoms with van der Waals surface area (Å²) in [5, 5.41) is 3.67. The lowest BCUT2D eigenvalue weighted by atomic mass is 9.94. The predicted octanol–water partition coefficient (Wildman–Crippen LogP) is 3.98. The fourth-order valence-electron chi connectivity index (χ4n) is 2.58. The van der Waals surface area contributed by atoms with Crippen LogP contribution in [0.1, 0.15) is 41.6 Å². The average Bonchev–Trinajstić information content (AvgIpc) is 2.45. The van der Waals surface area contributed by atoms with E-state index in [-0.39, 0.29) is 0 Å². The number of nitrogens with one attached hydrogen (secondary N) is 1. The molecular formula is C18H24N2. The molecule has 1 heterocycles. The second-order valence-corrected chi connectivity index (χ2v) is 5.43. The molecule has 1 aromatic heterocycles. The maximum absolute atomic E-state index is 4.22. The summed E-state index contributed by atoms with van der Waals surface area (Å²) < 4.78 is 0. The minimum Gasteiger partial charge on any atom is -0.310 e. The number of aryl methyl sites for hydroxylation is 2. The second-order valence-electron chi connectivity index (χ2n) is 5.43. The van der Waals surface area contributed by atoms with Crippen LogP contribution < -0.4 is 5.32 Å². The molecule has 0 amide bonds. The molecular weight excluding hydrogens is 244 g/mol. The zero-order chi connectivity index (χ0) is 14.4. The maximum atomic E-state index is 4.22. The van der Waals surface area contributed by atoms with Crippen molar-refractivity contribution in [3.05, 3.63) is 65.0 Å². The van der Waals surface area contributed by atoms with Crippen molar-refractivity contribution in [2.24, 2.45) is 0 Å². The number of rotatable bonds is 6. The molecule has 20 heavy (non-hydrogen) atoms. The highest BCUT2D eigenvalue weighted by atomic mass is 14.9. The molecule has 2 nitrogen and oxygen atoms in total. The third-order valence-corrected chi connectivity index (χ3v) is 3.60. The summed E-state index contributed by atoms with van der Waals surface area (Å²) in [5.41, 5.74) is 5.36. The van der Waals surface area contributed by atoms with Gasteiger partial charge in [0.05, 0.1) is 0 Å². The molecule has 0 aliphatic carbocycles. The highest BCUT2D eigenvalue weighted by Gasteiger charge is 2.13. The molecule has 1 unspecified atom stereocenters. The minimum atomic E-state index is 0.361. The van der Waals surface area contributed by atoms with Crippen molar-refractivity contribution in [2.75, 3.05) is 6.54 Å². The van der Waals surface area contributed by atoms with Crippen molar-refractivity contribution < 1.29 is 0 Å². The lowest BCUT2D eigenvalue weighted by Gasteiger charge is -2.21. The largest absolute Gasteiger partial charge is 0.310 e. The van der Waals surface area contributed by atoms with Crippen LogP contribution >= 0.6 is 0 Å². The van der Waals surface area contributed by atoms with Crippen LogP contribution in [0.4, 0.5) is 0 Å². The lowest BCUT2D eigenvalue weighted by molar-refractivity contribution is 0.526. The maximum Gasteiger partial charge on any atom is 0.0364 e. The molecule has 1 atom stereocenters. The molecule has 1 N–H and O–H groups in total. The van der Waals surface area contributed by atoms with Gasteiger partial charge in [-0.05, 0) is 56.0 Å². The summed E-state index contributed by atoms with van der Waals surface area (Å²) in [4.78, 5) is 4.22. The van der Waals surface area contributed by atoms with E-state index in [1.165, 1.54) is 22.3 Å². The smallest absolute Gasteiger partial charge is 0.0364 e. The van der Waals surface area contributed by atoms with E-state index in [0.29, 0.717) is 6.04 Å². The molecule has 2 heteroatoms. The Labute approximate surface area is 122 Å². The highest BCUT2D eigenvalue weighted by molar-refractivity contribution is 5.33. The fraction of sp³-hybridized carbons (Fsp3) is 0.389. The molecule has 0 saturated heterocycles. The van der Waals surface area contributed by atoms with Crippen LogP contribution in [0.3, 0.4) is 0 Å². The van der Waals surface area contributed by atoms with Gasteiger partial charge in [-0.3, -0.25) is 4.98 Å². The summed E-state index contributed by atoms with van der Waals surface area (Å²) in [7, 11) is 0. The zero-order valence-corrected chi connectivity index (χ0v) is 12.7. The Morgan fingerprint density at radius 2 is 2.05 bits per heavy atom. The number of hydrogen-bond donors (Lipinski definition) is 1. The number of pyridine rings is 1. The fourth-order valence-corrected chi connectivity index (χ4v) is 2.58. The van der Waals surface area contributed by atoms with E-state index in [1.807, 2.05) is 18.5 Å². The SMILES string of the molecule is CCCNC(Cc1cccnc1)c1ccc(C)cc1C. The summed E-state index contributed by atoms with van der Waals surface area (Å²) in [5.74, 6) is 0. The van der Waals surface area contributed by atoms with Crippen LogP contribution in [0.15, 0.2) is 42.7 Å². The Bertz CT molecular complexity index is 534. The van der Waals surface area contributed by atoms with Crippen LogP contribution in [0.25, 0.3) is 0 Å². The Morgan fingerprint density at radius 3 is 2.70 bits per heavy atom. The van der Waals surface area contributed by atoms with Gasteiger partial charge < -0.3 is 5.32 Å². The Balaban J connectivity index is 2.22. The average molecular weight is 268 g/mol.